The number of fused-ring (bicyclic) bond motifs is 1. The van der Waals surface area contributed by atoms with Crippen LogP contribution in [0.25, 0.3) is 10.2 Å². The maximum absolute atomic E-state index is 12.7. The second-order valence-electron chi connectivity index (χ2n) is 7.16. The molecule has 0 spiro atoms. The molecule has 0 aliphatic carbocycles. The third kappa shape index (κ3) is 4.33. The monoisotopic (exact) mass is 440 g/mol. The number of benzene rings is 2. The zero-order valence-corrected chi connectivity index (χ0v) is 17.6. The molecule has 0 saturated carbocycles. The second-order valence-corrected chi connectivity index (χ2v) is 8.19. The first-order valence-electron chi connectivity index (χ1n) is 9.80. The number of ether oxygens (including phenoxy) is 1. The molecule has 1 fully saturated rings. The number of aromatic nitrogens is 1. The van der Waals surface area contributed by atoms with Crippen LogP contribution in [0.2, 0.25) is 0 Å². The highest BCUT2D eigenvalue weighted by molar-refractivity contribution is 7.22. The molecule has 1 aliphatic heterocycles. The average molecular weight is 440 g/mol. The first-order valence-corrected chi connectivity index (χ1v) is 10.6. The summed E-state index contributed by atoms with van der Waals surface area (Å²) in [6, 6.07) is 9.46. The van der Waals surface area contributed by atoms with Gasteiger partial charge >= 0.3 is 5.97 Å². The number of carbonyl (C=O) groups is 2. The molecule has 1 N–H and O–H groups in total. The Balaban J connectivity index is 1.57. The van der Waals surface area contributed by atoms with Crippen molar-refractivity contribution in [2.45, 2.75) is 19.3 Å². The van der Waals surface area contributed by atoms with Gasteiger partial charge in [-0.05, 0) is 49.6 Å². The Labute approximate surface area is 181 Å². The Bertz CT molecular complexity index is 1170. The van der Waals surface area contributed by atoms with Gasteiger partial charge in [0.1, 0.15) is 5.69 Å². The van der Waals surface area contributed by atoms with E-state index in [9.17, 15) is 19.7 Å². The molecule has 1 aliphatic rings. The number of anilines is 2. The predicted molar refractivity (Wildman–Crippen MR) is 118 cm³/mol. The molecule has 1 saturated heterocycles. The Hall–Kier alpha value is -3.53. The average Bonchev–Trinajstić information content (AvgIpc) is 3.20. The standard InChI is InChI=1S/C21H20N4O5S/c1-30-20(27)14-5-7-15-18(12-14)31-21(22-15)23-19(26)13-6-8-16(17(11-13)25(28)29)24-9-3-2-4-10-24/h5-8,11-12H,2-4,9-10H2,1H3,(H,22,23,26). The van der Waals surface area contributed by atoms with Gasteiger partial charge < -0.3 is 9.64 Å². The van der Waals surface area contributed by atoms with Gasteiger partial charge in [0.15, 0.2) is 5.13 Å². The van der Waals surface area contributed by atoms with E-state index in [1.54, 1.807) is 30.3 Å². The molecule has 4 rings (SSSR count). The lowest BCUT2D eigenvalue weighted by molar-refractivity contribution is -0.384. The molecule has 3 aromatic rings. The fourth-order valence-corrected chi connectivity index (χ4v) is 4.51. The lowest BCUT2D eigenvalue weighted by Gasteiger charge is -2.28. The first kappa shape index (κ1) is 20.7. The number of methoxy groups -OCH3 is 1. The van der Waals surface area contributed by atoms with E-state index in [0.717, 1.165) is 32.4 Å². The van der Waals surface area contributed by atoms with Crippen LogP contribution in [0.3, 0.4) is 0 Å². The summed E-state index contributed by atoms with van der Waals surface area (Å²) in [5.41, 5.74) is 1.65. The van der Waals surface area contributed by atoms with Crippen LogP contribution >= 0.6 is 11.3 Å². The smallest absolute Gasteiger partial charge is 0.337 e. The highest BCUT2D eigenvalue weighted by atomic mass is 32.1. The number of hydrogen-bond acceptors (Lipinski definition) is 8. The molecule has 2 aromatic carbocycles. The molecule has 1 aromatic heterocycles. The number of hydrogen-bond donors (Lipinski definition) is 1. The van der Waals surface area contributed by atoms with Gasteiger partial charge in [-0.1, -0.05) is 11.3 Å². The summed E-state index contributed by atoms with van der Waals surface area (Å²) < 4.78 is 5.43. The van der Waals surface area contributed by atoms with Crippen LogP contribution < -0.4 is 10.2 Å². The summed E-state index contributed by atoms with van der Waals surface area (Å²) in [4.78, 5) is 41.9. The van der Waals surface area contributed by atoms with Gasteiger partial charge in [0.05, 0.1) is 27.8 Å². The highest BCUT2D eigenvalue weighted by Crippen LogP contribution is 2.32. The van der Waals surface area contributed by atoms with Crippen LogP contribution in [0, 0.1) is 10.1 Å². The van der Waals surface area contributed by atoms with E-state index in [0.29, 0.717) is 26.6 Å². The van der Waals surface area contributed by atoms with E-state index in [-0.39, 0.29) is 11.3 Å². The normalized spacial score (nSPS) is 13.8. The van der Waals surface area contributed by atoms with Crippen molar-refractivity contribution in [3.63, 3.8) is 0 Å². The number of nitro benzene ring substituents is 1. The molecule has 31 heavy (non-hydrogen) atoms. The van der Waals surface area contributed by atoms with Crippen molar-refractivity contribution in [3.8, 4) is 0 Å². The summed E-state index contributed by atoms with van der Waals surface area (Å²) in [6.07, 6.45) is 3.11. The van der Waals surface area contributed by atoms with Gasteiger partial charge in [0.2, 0.25) is 0 Å². The van der Waals surface area contributed by atoms with E-state index in [2.05, 4.69) is 10.3 Å². The number of rotatable bonds is 5. The van der Waals surface area contributed by atoms with Crippen molar-refractivity contribution in [1.29, 1.82) is 0 Å². The minimum absolute atomic E-state index is 0.0819. The highest BCUT2D eigenvalue weighted by Gasteiger charge is 2.23. The van der Waals surface area contributed by atoms with E-state index in [1.807, 2.05) is 4.90 Å². The Morgan fingerprint density at radius 3 is 2.58 bits per heavy atom. The quantitative estimate of drug-likeness (QED) is 0.359. The van der Waals surface area contributed by atoms with Crippen molar-refractivity contribution in [2.75, 3.05) is 30.4 Å². The third-order valence-corrected chi connectivity index (χ3v) is 6.09. The van der Waals surface area contributed by atoms with Crippen molar-refractivity contribution in [1.82, 2.24) is 4.98 Å². The lowest BCUT2D eigenvalue weighted by Crippen LogP contribution is -2.30. The van der Waals surface area contributed by atoms with Crippen molar-refractivity contribution < 1.29 is 19.2 Å². The number of nitrogens with one attached hydrogen (secondary N) is 1. The first-order chi connectivity index (χ1) is 15.0. The Morgan fingerprint density at radius 2 is 1.87 bits per heavy atom. The molecule has 1 amide bonds. The molecule has 0 atom stereocenters. The summed E-state index contributed by atoms with van der Waals surface area (Å²) in [5.74, 6) is -0.942. The summed E-state index contributed by atoms with van der Waals surface area (Å²) in [6.45, 7) is 1.54. The number of thiazole rings is 1. The number of nitro groups is 1. The van der Waals surface area contributed by atoms with Gasteiger partial charge in [-0.3, -0.25) is 20.2 Å². The van der Waals surface area contributed by atoms with Gasteiger partial charge in [-0.15, -0.1) is 0 Å². The van der Waals surface area contributed by atoms with Gasteiger partial charge in [0.25, 0.3) is 11.6 Å². The fourth-order valence-electron chi connectivity index (χ4n) is 3.61. The number of amides is 1. The van der Waals surface area contributed by atoms with E-state index in [1.165, 1.54) is 24.5 Å². The maximum atomic E-state index is 12.7. The Morgan fingerprint density at radius 1 is 1.13 bits per heavy atom. The minimum atomic E-state index is -0.486. The van der Waals surface area contributed by atoms with E-state index >= 15 is 0 Å². The van der Waals surface area contributed by atoms with Crippen LogP contribution in [0.1, 0.15) is 40.0 Å². The molecule has 10 heteroatoms. The Kier molecular flexibility index (Phi) is 5.81. The van der Waals surface area contributed by atoms with E-state index < -0.39 is 16.8 Å². The van der Waals surface area contributed by atoms with Gasteiger partial charge in [-0.2, -0.15) is 0 Å². The number of nitrogens with zero attached hydrogens (tertiary/aromatic N) is 3. The van der Waals surface area contributed by atoms with Crippen LogP contribution in [0.15, 0.2) is 36.4 Å². The molecule has 0 bridgehead atoms. The lowest BCUT2D eigenvalue weighted by atomic mass is 10.1. The topological polar surface area (TPSA) is 115 Å². The summed E-state index contributed by atoms with van der Waals surface area (Å²) in [7, 11) is 1.31. The molecule has 2 heterocycles. The minimum Gasteiger partial charge on any atom is -0.465 e. The number of carbonyl (C=O) groups excluding carboxylic acids is 2. The fraction of sp³-hybridized carbons (Fsp3) is 0.286. The largest absolute Gasteiger partial charge is 0.465 e. The van der Waals surface area contributed by atoms with Crippen LogP contribution in [-0.2, 0) is 4.74 Å². The van der Waals surface area contributed by atoms with E-state index in [4.69, 9.17) is 4.74 Å². The van der Waals surface area contributed by atoms with Crippen LogP contribution in [0.5, 0.6) is 0 Å². The van der Waals surface area contributed by atoms with Crippen molar-refractivity contribution >= 4 is 49.9 Å². The van der Waals surface area contributed by atoms with Crippen LogP contribution in [-0.4, -0.2) is 42.0 Å². The molecule has 9 nitrogen and oxygen atoms in total. The molecular weight excluding hydrogens is 420 g/mol. The van der Waals surface area contributed by atoms with Crippen LogP contribution in [0.4, 0.5) is 16.5 Å². The number of piperidine rings is 1. The number of esters is 1. The summed E-state index contributed by atoms with van der Waals surface area (Å²) >= 11 is 1.21. The maximum Gasteiger partial charge on any atom is 0.337 e. The predicted octanol–water partition coefficient (Wildman–Crippen LogP) is 4.23. The molecule has 0 unspecified atom stereocenters. The zero-order valence-electron chi connectivity index (χ0n) is 16.8. The molecule has 160 valence electrons. The van der Waals surface area contributed by atoms with Gasteiger partial charge in [0, 0.05) is 24.7 Å². The zero-order chi connectivity index (χ0) is 22.0. The van der Waals surface area contributed by atoms with Crippen molar-refractivity contribution in [2.24, 2.45) is 0 Å². The van der Waals surface area contributed by atoms with Crippen molar-refractivity contribution in [3.05, 3.63) is 57.6 Å². The molecular formula is C21H20N4O5S. The SMILES string of the molecule is COC(=O)c1ccc2nc(NC(=O)c3ccc(N4CCCCC4)c([N+](=O)[O-])c3)sc2c1. The third-order valence-electron chi connectivity index (χ3n) is 5.16. The second kappa shape index (κ2) is 8.68. The van der Waals surface area contributed by atoms with Gasteiger partial charge in [-0.25, -0.2) is 9.78 Å². The summed E-state index contributed by atoms with van der Waals surface area (Å²) in [5, 5.41) is 14.7. The molecule has 0 radical (unpaired) electrons.